The maximum Gasteiger partial charge on any atom is 0.105 e. The Labute approximate surface area is 97.9 Å². The lowest BCUT2D eigenvalue weighted by Crippen LogP contribution is -2.00. The van der Waals surface area contributed by atoms with Gasteiger partial charge in [0.1, 0.15) is 5.82 Å². The van der Waals surface area contributed by atoms with Crippen molar-refractivity contribution < 1.29 is 4.74 Å². The molecule has 1 aromatic heterocycles. The number of nitrogens with zero attached hydrogens (tertiary/aromatic N) is 3. The fourth-order valence-electron chi connectivity index (χ4n) is 1.29. The monoisotopic (exact) mass is 223 g/mol. The van der Waals surface area contributed by atoms with Gasteiger partial charge in [-0.1, -0.05) is 6.92 Å². The van der Waals surface area contributed by atoms with Gasteiger partial charge in [-0.05, 0) is 20.3 Å². The third kappa shape index (κ3) is 5.52. The maximum absolute atomic E-state index is 7.87. The molecule has 0 aliphatic carbocycles. The number of imidazole rings is 1. The van der Waals surface area contributed by atoms with Crippen LogP contribution < -0.4 is 0 Å². The molecule has 0 aromatic carbocycles. The Bertz CT molecular complexity index is 306. The fourth-order valence-corrected chi connectivity index (χ4v) is 1.29. The molecule has 1 heterocycles. The molecule has 0 atom stereocenters. The van der Waals surface area contributed by atoms with Crippen LogP contribution in [0.25, 0.3) is 0 Å². The molecule has 1 rings (SSSR count). The van der Waals surface area contributed by atoms with E-state index in [1.807, 2.05) is 19.2 Å². The topological polar surface area (TPSA) is 50.8 Å². The summed E-state index contributed by atoms with van der Waals surface area (Å²) in [4.78, 5) is 4.20. The summed E-state index contributed by atoms with van der Waals surface area (Å²) in [5.74, 6) is 1.12. The highest BCUT2D eigenvalue weighted by atomic mass is 16.5. The summed E-state index contributed by atoms with van der Waals surface area (Å²) in [6, 6.07) is 1.94. The van der Waals surface area contributed by atoms with E-state index < -0.39 is 0 Å². The zero-order valence-corrected chi connectivity index (χ0v) is 10.7. The van der Waals surface area contributed by atoms with E-state index in [9.17, 15) is 0 Å². The van der Waals surface area contributed by atoms with Gasteiger partial charge in [0.15, 0.2) is 0 Å². The minimum Gasteiger partial charge on any atom is -0.384 e. The van der Waals surface area contributed by atoms with Crippen LogP contribution in [0.2, 0.25) is 0 Å². The van der Waals surface area contributed by atoms with Gasteiger partial charge in [0.25, 0.3) is 0 Å². The number of methoxy groups -OCH3 is 1. The highest BCUT2D eigenvalue weighted by Crippen LogP contribution is 2.03. The minimum absolute atomic E-state index is 0.497. The quantitative estimate of drug-likeness (QED) is 0.737. The van der Waals surface area contributed by atoms with Crippen LogP contribution in [-0.4, -0.2) is 23.3 Å². The van der Waals surface area contributed by atoms with Gasteiger partial charge in [0, 0.05) is 25.5 Å². The summed E-state index contributed by atoms with van der Waals surface area (Å²) in [5, 5.41) is 7.87. The van der Waals surface area contributed by atoms with Crippen LogP contribution in [0.5, 0.6) is 0 Å². The molecule has 0 radical (unpaired) electrons. The Morgan fingerprint density at radius 2 is 2.19 bits per heavy atom. The first kappa shape index (κ1) is 14.7. The van der Waals surface area contributed by atoms with Crippen molar-refractivity contribution >= 4 is 0 Å². The van der Waals surface area contributed by atoms with Crippen molar-refractivity contribution in [3.63, 3.8) is 0 Å². The van der Waals surface area contributed by atoms with Gasteiger partial charge in [-0.25, -0.2) is 4.98 Å². The molecular weight excluding hydrogens is 202 g/mol. The fraction of sp³-hybridized carbons (Fsp3) is 0.667. The molecule has 4 nitrogen and oxygen atoms in total. The van der Waals surface area contributed by atoms with Crippen LogP contribution in [0.3, 0.4) is 0 Å². The Kier molecular flexibility index (Phi) is 8.18. The molecule has 16 heavy (non-hydrogen) atoms. The number of hydrogen-bond acceptors (Lipinski definition) is 3. The highest BCUT2D eigenvalue weighted by molar-refractivity contribution is 5.01. The van der Waals surface area contributed by atoms with Crippen LogP contribution in [0.1, 0.15) is 31.3 Å². The number of ether oxygens (including phenoxy) is 1. The molecule has 0 amide bonds. The van der Waals surface area contributed by atoms with E-state index in [4.69, 9.17) is 5.26 Å². The van der Waals surface area contributed by atoms with Crippen LogP contribution in [0.15, 0.2) is 6.20 Å². The Hall–Kier alpha value is -1.34. The molecule has 0 aliphatic heterocycles. The molecule has 0 spiro atoms. The normalized spacial score (nSPS) is 9.19. The number of hydrogen-bond donors (Lipinski definition) is 0. The highest BCUT2D eigenvalue weighted by Gasteiger charge is 1.98. The first-order chi connectivity index (χ1) is 7.67. The second-order valence-corrected chi connectivity index (χ2v) is 3.50. The molecule has 0 N–H and O–H groups in total. The van der Waals surface area contributed by atoms with Gasteiger partial charge in [-0.15, -0.1) is 0 Å². The number of rotatable bonds is 4. The van der Waals surface area contributed by atoms with Gasteiger partial charge in [-0.2, -0.15) is 5.26 Å². The molecular formula is C12H21N3O. The summed E-state index contributed by atoms with van der Waals surface area (Å²) in [5.41, 5.74) is 1.26. The average Bonchev–Trinajstić information content (AvgIpc) is 2.59. The standard InChI is InChI=1S/C8H14N2.C4H7NO/c1-4-5-10-7(2)6-9-8(10)3;1-6-4-2-3-5/h6H,4-5H2,1-3H3;2,4H2,1H3. The summed E-state index contributed by atoms with van der Waals surface area (Å²) < 4.78 is 6.80. The van der Waals surface area contributed by atoms with E-state index in [1.54, 1.807) is 7.11 Å². The van der Waals surface area contributed by atoms with Crippen LogP contribution in [-0.2, 0) is 11.3 Å². The molecule has 0 aliphatic rings. The van der Waals surface area contributed by atoms with E-state index in [2.05, 4.69) is 28.1 Å². The molecule has 0 saturated carbocycles. The molecule has 90 valence electrons. The summed E-state index contributed by atoms with van der Waals surface area (Å²) >= 11 is 0. The lowest BCUT2D eigenvalue weighted by molar-refractivity contribution is 0.205. The van der Waals surface area contributed by atoms with Crippen molar-refractivity contribution in [2.75, 3.05) is 13.7 Å². The zero-order chi connectivity index (χ0) is 12.4. The second-order valence-electron chi connectivity index (χ2n) is 3.50. The Morgan fingerprint density at radius 3 is 2.50 bits per heavy atom. The molecule has 4 heteroatoms. The van der Waals surface area contributed by atoms with E-state index in [0.29, 0.717) is 13.0 Å². The van der Waals surface area contributed by atoms with Gasteiger partial charge < -0.3 is 9.30 Å². The molecule has 0 unspecified atom stereocenters. The Balaban J connectivity index is 0.000000325. The SMILES string of the molecule is CCCn1c(C)cnc1C.COCCC#N. The van der Waals surface area contributed by atoms with Crippen molar-refractivity contribution in [1.29, 1.82) is 5.26 Å². The van der Waals surface area contributed by atoms with Gasteiger partial charge in [0.05, 0.1) is 19.1 Å². The lowest BCUT2D eigenvalue weighted by atomic mass is 10.4. The van der Waals surface area contributed by atoms with Crippen molar-refractivity contribution in [1.82, 2.24) is 9.55 Å². The van der Waals surface area contributed by atoms with E-state index >= 15 is 0 Å². The lowest BCUT2D eigenvalue weighted by Gasteiger charge is -2.03. The van der Waals surface area contributed by atoms with E-state index in [1.165, 1.54) is 12.1 Å². The number of nitriles is 1. The third-order valence-electron chi connectivity index (χ3n) is 2.12. The summed E-state index contributed by atoms with van der Waals surface area (Å²) in [7, 11) is 1.58. The van der Waals surface area contributed by atoms with Crippen LogP contribution in [0.4, 0.5) is 0 Å². The summed E-state index contributed by atoms with van der Waals surface area (Å²) in [6.07, 6.45) is 3.60. The third-order valence-corrected chi connectivity index (χ3v) is 2.12. The predicted octanol–water partition coefficient (Wildman–Crippen LogP) is 2.46. The first-order valence-electron chi connectivity index (χ1n) is 5.52. The van der Waals surface area contributed by atoms with Crippen molar-refractivity contribution in [2.24, 2.45) is 0 Å². The minimum atomic E-state index is 0.497. The molecule has 0 saturated heterocycles. The van der Waals surface area contributed by atoms with Crippen LogP contribution >= 0.6 is 0 Å². The smallest absolute Gasteiger partial charge is 0.105 e. The zero-order valence-electron chi connectivity index (χ0n) is 10.7. The van der Waals surface area contributed by atoms with Gasteiger partial charge in [0.2, 0.25) is 0 Å². The molecule has 1 aromatic rings. The van der Waals surface area contributed by atoms with E-state index in [-0.39, 0.29) is 0 Å². The second kappa shape index (κ2) is 8.93. The molecule has 0 fully saturated rings. The summed E-state index contributed by atoms with van der Waals surface area (Å²) in [6.45, 7) is 7.96. The van der Waals surface area contributed by atoms with Crippen molar-refractivity contribution in [3.05, 3.63) is 17.7 Å². The predicted molar refractivity (Wildman–Crippen MR) is 64.1 cm³/mol. The maximum atomic E-state index is 7.87. The first-order valence-corrected chi connectivity index (χ1v) is 5.52. The number of aryl methyl sites for hydroxylation is 2. The van der Waals surface area contributed by atoms with Crippen molar-refractivity contribution in [2.45, 2.75) is 40.2 Å². The van der Waals surface area contributed by atoms with Gasteiger partial charge in [-0.3, -0.25) is 0 Å². The average molecular weight is 223 g/mol. The van der Waals surface area contributed by atoms with Crippen molar-refractivity contribution in [3.8, 4) is 6.07 Å². The largest absolute Gasteiger partial charge is 0.384 e. The number of aromatic nitrogens is 2. The molecule has 0 bridgehead atoms. The van der Waals surface area contributed by atoms with Gasteiger partial charge >= 0.3 is 0 Å². The van der Waals surface area contributed by atoms with Crippen LogP contribution in [0, 0.1) is 25.2 Å². The van der Waals surface area contributed by atoms with E-state index in [0.717, 1.165) is 12.4 Å². The Morgan fingerprint density at radius 1 is 1.50 bits per heavy atom.